The van der Waals surface area contributed by atoms with Crippen molar-refractivity contribution in [2.45, 2.75) is 20.3 Å². The number of nitrogens with two attached hydrogens (primary N) is 1. The lowest BCUT2D eigenvalue weighted by molar-refractivity contribution is 0.351. The molecule has 0 heterocycles. The molecule has 0 aromatic heterocycles. The van der Waals surface area contributed by atoms with Crippen LogP contribution in [0.25, 0.3) is 0 Å². The molecule has 2 N–H and O–H groups in total. The molecule has 0 aliphatic rings. The van der Waals surface area contributed by atoms with Crippen molar-refractivity contribution >= 4 is 21.6 Å². The second-order valence-electron chi connectivity index (χ2n) is 5.02. The van der Waals surface area contributed by atoms with Gasteiger partial charge in [0.2, 0.25) is 0 Å². The highest BCUT2D eigenvalue weighted by Crippen LogP contribution is 2.22. The topological polar surface area (TPSA) is 29.3 Å². The maximum absolute atomic E-state index is 5.73. The first-order valence-electron chi connectivity index (χ1n) is 5.61. The first-order valence-corrected chi connectivity index (χ1v) is 6.41. The van der Waals surface area contributed by atoms with Crippen LogP contribution in [0.4, 0.5) is 5.69 Å². The molecule has 0 atom stereocenters. The van der Waals surface area contributed by atoms with Gasteiger partial charge in [-0.3, -0.25) is 0 Å². The Morgan fingerprint density at radius 3 is 2.31 bits per heavy atom. The lowest BCUT2D eigenvalue weighted by Crippen LogP contribution is -2.29. The Hall–Kier alpha value is -0.540. The van der Waals surface area contributed by atoms with Gasteiger partial charge in [0.05, 0.1) is 0 Å². The van der Waals surface area contributed by atoms with Gasteiger partial charge in [-0.25, -0.2) is 0 Å². The van der Waals surface area contributed by atoms with Crippen LogP contribution in [-0.4, -0.2) is 20.1 Å². The van der Waals surface area contributed by atoms with Gasteiger partial charge in [0.1, 0.15) is 0 Å². The minimum absolute atomic E-state index is 0.226. The summed E-state index contributed by atoms with van der Waals surface area (Å²) in [6.45, 7) is 6.19. The molecule has 1 rings (SSSR count). The molecule has 0 saturated heterocycles. The molecule has 0 spiro atoms. The molecule has 0 fully saturated rings. The van der Waals surface area contributed by atoms with E-state index in [1.165, 1.54) is 5.69 Å². The first kappa shape index (κ1) is 13.5. The van der Waals surface area contributed by atoms with Crippen molar-refractivity contribution in [3.63, 3.8) is 0 Å². The summed E-state index contributed by atoms with van der Waals surface area (Å²) in [7, 11) is 2.12. The van der Waals surface area contributed by atoms with Crippen LogP contribution in [0.2, 0.25) is 0 Å². The predicted octanol–water partition coefficient (Wildman–Crippen LogP) is 3.26. The minimum atomic E-state index is 0.226. The van der Waals surface area contributed by atoms with Crippen LogP contribution in [0.3, 0.4) is 0 Å². The van der Waals surface area contributed by atoms with E-state index >= 15 is 0 Å². The molecular formula is C13H21BrN2. The van der Waals surface area contributed by atoms with Crippen molar-refractivity contribution in [2.24, 2.45) is 11.1 Å². The summed E-state index contributed by atoms with van der Waals surface area (Å²) in [5, 5.41) is 0. The minimum Gasteiger partial charge on any atom is -0.375 e. The zero-order valence-corrected chi connectivity index (χ0v) is 11.9. The van der Waals surface area contributed by atoms with Gasteiger partial charge in [0.15, 0.2) is 0 Å². The average Bonchev–Trinajstić information content (AvgIpc) is 2.27. The van der Waals surface area contributed by atoms with E-state index in [0.717, 1.165) is 24.0 Å². The Bertz CT molecular complexity index is 319. The normalized spacial score (nSPS) is 11.6. The summed E-state index contributed by atoms with van der Waals surface area (Å²) in [4.78, 5) is 2.27. The highest BCUT2D eigenvalue weighted by molar-refractivity contribution is 9.10. The molecule has 0 aliphatic carbocycles. The van der Waals surface area contributed by atoms with E-state index in [0.29, 0.717) is 0 Å². The summed E-state index contributed by atoms with van der Waals surface area (Å²) in [6.07, 6.45) is 1.11. The van der Waals surface area contributed by atoms with Gasteiger partial charge in [-0.2, -0.15) is 0 Å². The Labute approximate surface area is 107 Å². The van der Waals surface area contributed by atoms with Crippen molar-refractivity contribution in [1.29, 1.82) is 0 Å². The van der Waals surface area contributed by atoms with Crippen molar-refractivity contribution < 1.29 is 0 Å². The highest BCUT2D eigenvalue weighted by atomic mass is 79.9. The summed E-state index contributed by atoms with van der Waals surface area (Å²) in [6, 6.07) is 8.39. The van der Waals surface area contributed by atoms with E-state index in [1.54, 1.807) is 0 Å². The number of nitrogens with zero attached hydrogens (tertiary/aromatic N) is 1. The quantitative estimate of drug-likeness (QED) is 0.899. The van der Waals surface area contributed by atoms with E-state index in [2.05, 4.69) is 66.0 Å². The standard InChI is InChI=1S/C13H21BrN2/c1-13(2,10-15)8-9-16(3)12-6-4-11(14)5-7-12/h4-7H,8-10,15H2,1-3H3. The lowest BCUT2D eigenvalue weighted by atomic mass is 9.89. The third-order valence-corrected chi connectivity index (χ3v) is 3.47. The zero-order valence-electron chi connectivity index (χ0n) is 10.3. The van der Waals surface area contributed by atoms with Gasteiger partial charge >= 0.3 is 0 Å². The van der Waals surface area contributed by atoms with Crippen LogP contribution < -0.4 is 10.6 Å². The SMILES string of the molecule is CN(CCC(C)(C)CN)c1ccc(Br)cc1. The Morgan fingerprint density at radius 2 is 1.81 bits per heavy atom. The van der Waals surface area contributed by atoms with E-state index in [-0.39, 0.29) is 5.41 Å². The van der Waals surface area contributed by atoms with E-state index < -0.39 is 0 Å². The van der Waals surface area contributed by atoms with Crippen molar-refractivity contribution in [3.05, 3.63) is 28.7 Å². The second-order valence-corrected chi connectivity index (χ2v) is 5.93. The number of hydrogen-bond acceptors (Lipinski definition) is 2. The molecular weight excluding hydrogens is 264 g/mol. The summed E-state index contributed by atoms with van der Waals surface area (Å²) in [5.41, 5.74) is 7.20. The van der Waals surface area contributed by atoms with Gasteiger partial charge in [-0.05, 0) is 42.6 Å². The zero-order chi connectivity index (χ0) is 12.2. The molecule has 3 heteroatoms. The molecule has 0 amide bonds. The Kier molecular flexibility index (Phi) is 4.81. The van der Waals surface area contributed by atoms with Gasteiger partial charge < -0.3 is 10.6 Å². The number of benzene rings is 1. The number of rotatable bonds is 5. The molecule has 1 aromatic carbocycles. The maximum atomic E-state index is 5.73. The van der Waals surface area contributed by atoms with Gasteiger partial charge in [-0.1, -0.05) is 29.8 Å². The monoisotopic (exact) mass is 284 g/mol. The Balaban J connectivity index is 2.53. The van der Waals surface area contributed by atoms with E-state index in [9.17, 15) is 0 Å². The van der Waals surface area contributed by atoms with Crippen LogP contribution >= 0.6 is 15.9 Å². The van der Waals surface area contributed by atoms with Crippen LogP contribution in [0.15, 0.2) is 28.7 Å². The predicted molar refractivity (Wildman–Crippen MR) is 74.9 cm³/mol. The summed E-state index contributed by atoms with van der Waals surface area (Å²) in [5.74, 6) is 0. The van der Waals surface area contributed by atoms with Crippen molar-refractivity contribution in [2.75, 3.05) is 25.0 Å². The smallest absolute Gasteiger partial charge is 0.0364 e. The molecule has 2 nitrogen and oxygen atoms in total. The third-order valence-electron chi connectivity index (χ3n) is 2.94. The summed E-state index contributed by atoms with van der Waals surface area (Å²) >= 11 is 3.44. The van der Waals surface area contributed by atoms with Gasteiger partial charge in [-0.15, -0.1) is 0 Å². The van der Waals surface area contributed by atoms with E-state index in [4.69, 9.17) is 5.73 Å². The fourth-order valence-electron chi connectivity index (χ4n) is 1.40. The fraction of sp³-hybridized carbons (Fsp3) is 0.538. The molecule has 1 aromatic rings. The third kappa shape index (κ3) is 4.14. The maximum Gasteiger partial charge on any atom is 0.0364 e. The number of halogens is 1. The van der Waals surface area contributed by atoms with Crippen LogP contribution in [0.1, 0.15) is 20.3 Å². The van der Waals surface area contributed by atoms with Crippen molar-refractivity contribution in [1.82, 2.24) is 0 Å². The number of hydrogen-bond donors (Lipinski definition) is 1. The molecule has 0 bridgehead atoms. The number of anilines is 1. The van der Waals surface area contributed by atoms with Crippen LogP contribution in [-0.2, 0) is 0 Å². The molecule has 0 radical (unpaired) electrons. The van der Waals surface area contributed by atoms with Gasteiger partial charge in [0.25, 0.3) is 0 Å². The molecule has 0 aliphatic heterocycles. The highest BCUT2D eigenvalue weighted by Gasteiger charge is 2.16. The Morgan fingerprint density at radius 1 is 1.25 bits per heavy atom. The first-order chi connectivity index (χ1) is 7.44. The molecule has 0 saturated carbocycles. The molecule has 16 heavy (non-hydrogen) atoms. The van der Waals surface area contributed by atoms with E-state index in [1.807, 2.05) is 0 Å². The lowest BCUT2D eigenvalue weighted by Gasteiger charge is -2.27. The average molecular weight is 285 g/mol. The second kappa shape index (κ2) is 5.69. The van der Waals surface area contributed by atoms with Crippen LogP contribution in [0, 0.1) is 5.41 Å². The summed E-state index contributed by atoms with van der Waals surface area (Å²) < 4.78 is 1.12. The van der Waals surface area contributed by atoms with Crippen molar-refractivity contribution in [3.8, 4) is 0 Å². The molecule has 0 unspecified atom stereocenters. The van der Waals surface area contributed by atoms with Gasteiger partial charge in [0, 0.05) is 23.8 Å². The van der Waals surface area contributed by atoms with Crippen LogP contribution in [0.5, 0.6) is 0 Å². The molecule has 90 valence electrons. The largest absolute Gasteiger partial charge is 0.375 e. The fourth-order valence-corrected chi connectivity index (χ4v) is 1.66.